The molecule has 0 radical (unpaired) electrons. The number of hydrogen-bond acceptors (Lipinski definition) is 4. The average Bonchev–Trinajstić information content (AvgIpc) is 3.20. The van der Waals surface area contributed by atoms with Crippen LogP contribution in [0.4, 0.5) is 0 Å². The van der Waals surface area contributed by atoms with Crippen molar-refractivity contribution in [3.63, 3.8) is 0 Å². The van der Waals surface area contributed by atoms with Crippen LogP contribution in [0.3, 0.4) is 0 Å². The molecule has 0 aromatic carbocycles. The minimum absolute atomic E-state index is 0.162. The Bertz CT molecular complexity index is 576. The van der Waals surface area contributed by atoms with E-state index in [1.165, 1.54) is 11.1 Å². The predicted molar refractivity (Wildman–Crippen MR) is 79.9 cm³/mol. The van der Waals surface area contributed by atoms with E-state index < -0.39 is 0 Å². The molecule has 2 atom stereocenters. The highest BCUT2D eigenvalue weighted by molar-refractivity contribution is 5.14. The maximum atomic E-state index is 5.90. The molecule has 1 fully saturated rings. The molecule has 0 aliphatic carbocycles. The van der Waals surface area contributed by atoms with Crippen molar-refractivity contribution in [1.29, 1.82) is 0 Å². The van der Waals surface area contributed by atoms with Crippen molar-refractivity contribution in [1.82, 2.24) is 15.1 Å². The highest BCUT2D eigenvalue weighted by Crippen LogP contribution is 2.33. The first-order valence-electron chi connectivity index (χ1n) is 7.65. The van der Waals surface area contributed by atoms with Crippen LogP contribution in [0, 0.1) is 12.8 Å². The fourth-order valence-electron chi connectivity index (χ4n) is 2.87. The second-order valence-electron chi connectivity index (χ2n) is 5.63. The first-order valence-corrected chi connectivity index (χ1v) is 7.65. The maximum absolute atomic E-state index is 5.90. The van der Waals surface area contributed by atoms with Gasteiger partial charge in [-0.05, 0) is 31.9 Å². The Hall–Kier alpha value is -1.59. The van der Waals surface area contributed by atoms with Gasteiger partial charge in [-0.25, -0.2) is 0 Å². The third kappa shape index (κ3) is 3.19. The molecule has 2 aromatic rings. The minimum atomic E-state index is 0.162. The van der Waals surface area contributed by atoms with Gasteiger partial charge in [0, 0.05) is 37.4 Å². The van der Waals surface area contributed by atoms with Crippen molar-refractivity contribution in [2.75, 3.05) is 13.2 Å². The molecule has 0 unspecified atom stereocenters. The van der Waals surface area contributed by atoms with Crippen LogP contribution in [0.2, 0.25) is 0 Å². The zero-order valence-electron chi connectivity index (χ0n) is 12.7. The summed E-state index contributed by atoms with van der Waals surface area (Å²) in [5.74, 6) is 1.51. The van der Waals surface area contributed by atoms with Crippen molar-refractivity contribution in [2.24, 2.45) is 5.92 Å². The Labute approximate surface area is 125 Å². The number of nitrogens with one attached hydrogen (secondary N) is 1. The van der Waals surface area contributed by atoms with E-state index in [1.807, 2.05) is 16.9 Å². The minimum Gasteiger partial charge on any atom is -0.468 e. The lowest BCUT2D eigenvalue weighted by Gasteiger charge is -2.17. The summed E-state index contributed by atoms with van der Waals surface area (Å²) in [6, 6.07) is 2.00. The lowest BCUT2D eigenvalue weighted by Crippen LogP contribution is -2.24. The van der Waals surface area contributed by atoms with Gasteiger partial charge in [-0.2, -0.15) is 5.10 Å². The summed E-state index contributed by atoms with van der Waals surface area (Å²) in [5, 5.41) is 7.84. The normalized spacial score (nSPS) is 22.0. The monoisotopic (exact) mass is 289 g/mol. The molecule has 1 N–H and O–H groups in total. The van der Waals surface area contributed by atoms with E-state index in [0.29, 0.717) is 5.92 Å². The van der Waals surface area contributed by atoms with Crippen molar-refractivity contribution in [3.05, 3.63) is 41.6 Å². The fourth-order valence-corrected chi connectivity index (χ4v) is 2.87. The third-order valence-corrected chi connectivity index (χ3v) is 4.18. The summed E-state index contributed by atoms with van der Waals surface area (Å²) in [4.78, 5) is 0. The second-order valence-corrected chi connectivity index (χ2v) is 5.63. The molecule has 1 aliphatic heterocycles. The fraction of sp³-hybridized carbons (Fsp3) is 0.562. The number of ether oxygens (including phenoxy) is 1. The van der Waals surface area contributed by atoms with E-state index in [0.717, 1.165) is 38.4 Å². The summed E-state index contributed by atoms with van der Waals surface area (Å²) >= 11 is 0. The number of rotatable bonds is 6. The van der Waals surface area contributed by atoms with E-state index in [-0.39, 0.29) is 6.10 Å². The molecule has 0 saturated carbocycles. The Kier molecular flexibility index (Phi) is 4.41. The van der Waals surface area contributed by atoms with Crippen LogP contribution in [0.25, 0.3) is 0 Å². The van der Waals surface area contributed by atoms with Crippen LogP contribution < -0.4 is 5.32 Å². The molecular weight excluding hydrogens is 266 g/mol. The zero-order chi connectivity index (χ0) is 14.7. The smallest absolute Gasteiger partial charge is 0.120 e. The van der Waals surface area contributed by atoms with E-state index in [1.54, 1.807) is 6.26 Å². The van der Waals surface area contributed by atoms with Crippen LogP contribution in [-0.2, 0) is 17.8 Å². The van der Waals surface area contributed by atoms with E-state index in [9.17, 15) is 0 Å². The summed E-state index contributed by atoms with van der Waals surface area (Å²) < 4.78 is 13.3. The zero-order valence-corrected chi connectivity index (χ0v) is 12.7. The lowest BCUT2D eigenvalue weighted by atomic mass is 9.97. The Balaban J connectivity index is 1.55. The largest absolute Gasteiger partial charge is 0.468 e. The highest BCUT2D eigenvalue weighted by Gasteiger charge is 2.30. The first kappa shape index (κ1) is 14.4. The first-order chi connectivity index (χ1) is 10.3. The number of aromatic nitrogens is 2. The number of aryl methyl sites for hydroxylation is 2. The van der Waals surface area contributed by atoms with Crippen LogP contribution in [0.1, 0.15) is 36.3 Å². The molecule has 0 spiro atoms. The standard InChI is InChI=1S/C16H23N3O2/c1-3-19-11-14(9-18-19)16-13(5-7-21-16)8-17-10-15-12(2)4-6-20-15/h4,6,9,11,13,16-17H,3,5,7-8,10H2,1-2H3/t13-,16-/m0/s1. The molecule has 5 nitrogen and oxygen atoms in total. The molecular formula is C16H23N3O2. The van der Waals surface area contributed by atoms with E-state index >= 15 is 0 Å². The topological polar surface area (TPSA) is 52.2 Å². The van der Waals surface area contributed by atoms with Gasteiger partial charge in [-0.15, -0.1) is 0 Å². The van der Waals surface area contributed by atoms with Gasteiger partial charge in [0.25, 0.3) is 0 Å². The Morgan fingerprint density at radius 3 is 3.10 bits per heavy atom. The molecule has 5 heteroatoms. The van der Waals surface area contributed by atoms with Gasteiger partial charge in [0.2, 0.25) is 0 Å². The third-order valence-electron chi connectivity index (χ3n) is 4.18. The molecule has 0 amide bonds. The Morgan fingerprint density at radius 2 is 2.38 bits per heavy atom. The van der Waals surface area contributed by atoms with E-state index in [2.05, 4.69) is 30.5 Å². The Morgan fingerprint density at radius 1 is 1.48 bits per heavy atom. The van der Waals surface area contributed by atoms with Gasteiger partial charge < -0.3 is 14.5 Å². The molecule has 114 valence electrons. The molecule has 21 heavy (non-hydrogen) atoms. The molecule has 3 rings (SSSR count). The van der Waals surface area contributed by atoms with Gasteiger partial charge in [-0.3, -0.25) is 4.68 Å². The van der Waals surface area contributed by atoms with Crippen molar-refractivity contribution >= 4 is 0 Å². The second kappa shape index (κ2) is 6.45. The van der Waals surface area contributed by atoms with Crippen LogP contribution in [0.15, 0.2) is 29.1 Å². The van der Waals surface area contributed by atoms with Crippen molar-refractivity contribution < 1.29 is 9.15 Å². The molecule has 1 aliphatic rings. The number of hydrogen-bond donors (Lipinski definition) is 1. The van der Waals surface area contributed by atoms with Crippen molar-refractivity contribution in [2.45, 2.75) is 39.5 Å². The quantitative estimate of drug-likeness (QED) is 0.888. The summed E-state index contributed by atoms with van der Waals surface area (Å²) in [5.41, 5.74) is 2.39. The lowest BCUT2D eigenvalue weighted by molar-refractivity contribution is 0.0902. The summed E-state index contributed by atoms with van der Waals surface area (Å²) in [6.07, 6.45) is 7.03. The molecule has 1 saturated heterocycles. The summed E-state index contributed by atoms with van der Waals surface area (Å²) in [6.45, 7) is 7.60. The molecule has 3 heterocycles. The van der Waals surface area contributed by atoms with Crippen LogP contribution >= 0.6 is 0 Å². The highest BCUT2D eigenvalue weighted by atomic mass is 16.5. The van der Waals surface area contributed by atoms with Gasteiger partial charge in [0.15, 0.2) is 0 Å². The van der Waals surface area contributed by atoms with Crippen LogP contribution in [-0.4, -0.2) is 22.9 Å². The number of nitrogens with zero attached hydrogens (tertiary/aromatic N) is 2. The van der Waals surface area contributed by atoms with Crippen LogP contribution in [0.5, 0.6) is 0 Å². The number of furan rings is 1. The van der Waals surface area contributed by atoms with E-state index in [4.69, 9.17) is 9.15 Å². The average molecular weight is 289 g/mol. The maximum Gasteiger partial charge on any atom is 0.120 e. The summed E-state index contributed by atoms with van der Waals surface area (Å²) in [7, 11) is 0. The van der Waals surface area contributed by atoms with Gasteiger partial charge in [-0.1, -0.05) is 0 Å². The molecule has 0 bridgehead atoms. The van der Waals surface area contributed by atoms with Gasteiger partial charge >= 0.3 is 0 Å². The SMILES string of the molecule is CCn1cc([C@H]2OCC[C@H]2CNCc2occc2C)cn1. The van der Waals surface area contributed by atoms with Gasteiger partial charge in [0.1, 0.15) is 5.76 Å². The molecule has 2 aromatic heterocycles. The van der Waals surface area contributed by atoms with Gasteiger partial charge in [0.05, 0.1) is 25.1 Å². The predicted octanol–water partition coefficient (Wildman–Crippen LogP) is 2.67. The van der Waals surface area contributed by atoms with Crippen molar-refractivity contribution in [3.8, 4) is 0 Å².